The predicted octanol–water partition coefficient (Wildman–Crippen LogP) is 3.22. The number of rotatable bonds is 7. The Morgan fingerprint density at radius 1 is 1.30 bits per heavy atom. The molecule has 0 aliphatic carbocycles. The van der Waals surface area contributed by atoms with Gasteiger partial charge in [0, 0.05) is 29.9 Å². The first-order valence-corrected chi connectivity index (χ1v) is 6.92. The van der Waals surface area contributed by atoms with Gasteiger partial charge in [-0.05, 0) is 12.5 Å². The third-order valence-corrected chi connectivity index (χ3v) is 2.80. The number of anilines is 2. The normalized spacial score (nSPS) is 10.5. The molecular weight excluding hydrogens is 254 g/mol. The number of ether oxygens (including phenoxy) is 1. The van der Waals surface area contributed by atoms with Gasteiger partial charge in [-0.3, -0.25) is 0 Å². The lowest BCUT2D eigenvalue weighted by molar-refractivity contribution is 0.318. The van der Waals surface area contributed by atoms with Gasteiger partial charge < -0.3 is 20.2 Å². The van der Waals surface area contributed by atoms with E-state index in [9.17, 15) is 0 Å². The van der Waals surface area contributed by atoms with Crippen LogP contribution in [-0.2, 0) is 13.0 Å². The van der Waals surface area contributed by atoms with Gasteiger partial charge in [0.2, 0.25) is 5.89 Å². The Morgan fingerprint density at radius 2 is 2.15 bits per heavy atom. The highest BCUT2D eigenvalue weighted by Gasteiger charge is 2.04. The molecule has 1 aromatic heterocycles. The first kappa shape index (κ1) is 14.2. The van der Waals surface area contributed by atoms with Crippen molar-refractivity contribution < 1.29 is 9.15 Å². The Balaban J connectivity index is 1.99. The highest BCUT2D eigenvalue weighted by molar-refractivity contribution is 5.59. The fraction of sp³-hybridized carbons (Fsp3) is 0.400. The largest absolute Gasteiger partial charge is 0.493 e. The molecule has 5 heteroatoms. The summed E-state index contributed by atoms with van der Waals surface area (Å²) in [4.78, 5) is 4.20. The van der Waals surface area contributed by atoms with Crippen LogP contribution in [0.4, 0.5) is 11.4 Å². The van der Waals surface area contributed by atoms with Crippen molar-refractivity contribution >= 4 is 11.4 Å². The van der Waals surface area contributed by atoms with Crippen LogP contribution < -0.4 is 15.8 Å². The number of nitrogens with zero attached hydrogens (tertiary/aromatic N) is 1. The van der Waals surface area contributed by atoms with Gasteiger partial charge in [0.25, 0.3) is 0 Å². The summed E-state index contributed by atoms with van der Waals surface area (Å²) in [5, 5.41) is 3.24. The molecule has 108 valence electrons. The van der Waals surface area contributed by atoms with Crippen LogP contribution in [0.15, 0.2) is 28.8 Å². The standard InChI is InChI=1S/C15H21N3O2/c1-3-5-19-14-7-11(16)6-12(8-14)17-10-15-18-9-13(4-2)20-15/h6-9,17H,3-5,10,16H2,1-2H3. The van der Waals surface area contributed by atoms with E-state index < -0.39 is 0 Å². The summed E-state index contributed by atoms with van der Waals surface area (Å²) in [6.45, 7) is 5.31. The zero-order valence-corrected chi connectivity index (χ0v) is 12.0. The molecule has 0 amide bonds. The van der Waals surface area contributed by atoms with E-state index in [0.717, 1.165) is 30.0 Å². The van der Waals surface area contributed by atoms with Gasteiger partial charge in [0.05, 0.1) is 19.3 Å². The molecule has 0 fully saturated rings. The quantitative estimate of drug-likeness (QED) is 0.759. The molecule has 5 nitrogen and oxygen atoms in total. The second-order valence-corrected chi connectivity index (χ2v) is 4.57. The minimum Gasteiger partial charge on any atom is -0.493 e. The molecule has 0 saturated heterocycles. The molecule has 0 unspecified atom stereocenters. The van der Waals surface area contributed by atoms with Gasteiger partial charge in [-0.25, -0.2) is 4.98 Å². The molecule has 1 aromatic carbocycles. The minimum atomic E-state index is 0.524. The summed E-state index contributed by atoms with van der Waals surface area (Å²) >= 11 is 0. The van der Waals surface area contributed by atoms with Crippen LogP contribution in [0.1, 0.15) is 31.9 Å². The van der Waals surface area contributed by atoms with E-state index in [2.05, 4.69) is 17.2 Å². The SMILES string of the molecule is CCCOc1cc(N)cc(NCc2ncc(CC)o2)c1. The van der Waals surface area contributed by atoms with E-state index in [4.69, 9.17) is 14.9 Å². The maximum Gasteiger partial charge on any atom is 0.213 e. The zero-order chi connectivity index (χ0) is 14.4. The Hall–Kier alpha value is -2.17. The van der Waals surface area contributed by atoms with E-state index in [0.29, 0.717) is 24.7 Å². The summed E-state index contributed by atoms with van der Waals surface area (Å²) in [6.07, 6.45) is 3.57. The maximum atomic E-state index is 5.87. The van der Waals surface area contributed by atoms with Crippen molar-refractivity contribution in [3.05, 3.63) is 36.0 Å². The third-order valence-electron chi connectivity index (χ3n) is 2.80. The molecule has 0 aliphatic rings. The van der Waals surface area contributed by atoms with Crippen LogP contribution in [-0.4, -0.2) is 11.6 Å². The van der Waals surface area contributed by atoms with Crippen LogP contribution in [0, 0.1) is 0 Å². The van der Waals surface area contributed by atoms with Crippen molar-refractivity contribution in [2.75, 3.05) is 17.7 Å². The van der Waals surface area contributed by atoms with Gasteiger partial charge in [0.15, 0.2) is 0 Å². The number of benzene rings is 1. The maximum absolute atomic E-state index is 5.87. The molecule has 0 spiro atoms. The third kappa shape index (κ3) is 3.91. The number of oxazole rings is 1. The number of hydrogen-bond acceptors (Lipinski definition) is 5. The Morgan fingerprint density at radius 3 is 2.85 bits per heavy atom. The zero-order valence-electron chi connectivity index (χ0n) is 12.0. The van der Waals surface area contributed by atoms with Crippen molar-refractivity contribution in [2.45, 2.75) is 33.2 Å². The smallest absolute Gasteiger partial charge is 0.213 e. The van der Waals surface area contributed by atoms with Crippen molar-refractivity contribution in [1.29, 1.82) is 0 Å². The van der Waals surface area contributed by atoms with E-state index in [1.54, 1.807) is 6.20 Å². The molecule has 0 aliphatic heterocycles. The van der Waals surface area contributed by atoms with Gasteiger partial charge in [-0.2, -0.15) is 0 Å². The molecule has 2 aromatic rings. The average Bonchev–Trinajstić information content (AvgIpc) is 2.90. The highest BCUT2D eigenvalue weighted by atomic mass is 16.5. The van der Waals surface area contributed by atoms with Crippen molar-refractivity contribution in [3.63, 3.8) is 0 Å². The molecule has 0 bridgehead atoms. The predicted molar refractivity (Wildman–Crippen MR) is 79.8 cm³/mol. The topological polar surface area (TPSA) is 73.3 Å². The lowest BCUT2D eigenvalue weighted by atomic mass is 10.2. The minimum absolute atomic E-state index is 0.524. The number of aromatic nitrogens is 1. The Kier molecular flexibility index (Phi) is 4.87. The summed E-state index contributed by atoms with van der Waals surface area (Å²) in [6, 6.07) is 5.61. The molecule has 3 N–H and O–H groups in total. The van der Waals surface area contributed by atoms with E-state index in [-0.39, 0.29) is 0 Å². The fourth-order valence-electron chi connectivity index (χ4n) is 1.80. The lowest BCUT2D eigenvalue weighted by Crippen LogP contribution is -2.02. The van der Waals surface area contributed by atoms with Crippen molar-refractivity contribution in [1.82, 2.24) is 4.98 Å². The highest BCUT2D eigenvalue weighted by Crippen LogP contribution is 2.23. The summed E-state index contributed by atoms with van der Waals surface area (Å²) in [7, 11) is 0. The summed E-state index contributed by atoms with van der Waals surface area (Å²) < 4.78 is 11.1. The van der Waals surface area contributed by atoms with E-state index in [1.165, 1.54) is 0 Å². The van der Waals surface area contributed by atoms with Gasteiger partial charge >= 0.3 is 0 Å². The number of hydrogen-bond donors (Lipinski definition) is 2. The monoisotopic (exact) mass is 275 g/mol. The van der Waals surface area contributed by atoms with Crippen molar-refractivity contribution in [2.24, 2.45) is 0 Å². The fourth-order valence-corrected chi connectivity index (χ4v) is 1.80. The number of nitrogens with two attached hydrogens (primary N) is 1. The van der Waals surface area contributed by atoms with E-state index >= 15 is 0 Å². The Labute approximate surface area is 119 Å². The number of nitrogens with one attached hydrogen (secondary N) is 1. The van der Waals surface area contributed by atoms with Gasteiger partial charge in [0.1, 0.15) is 11.5 Å². The molecule has 0 saturated carbocycles. The molecule has 1 heterocycles. The number of nitrogen functional groups attached to an aromatic ring is 1. The number of aryl methyl sites for hydroxylation is 1. The first-order chi connectivity index (χ1) is 9.71. The molecular formula is C15H21N3O2. The van der Waals surface area contributed by atoms with Crippen molar-refractivity contribution in [3.8, 4) is 5.75 Å². The summed E-state index contributed by atoms with van der Waals surface area (Å²) in [5.41, 5.74) is 7.43. The van der Waals surface area contributed by atoms with Crippen LogP contribution >= 0.6 is 0 Å². The van der Waals surface area contributed by atoms with Crippen LogP contribution in [0.3, 0.4) is 0 Å². The molecule has 20 heavy (non-hydrogen) atoms. The van der Waals surface area contributed by atoms with Gasteiger partial charge in [-0.15, -0.1) is 0 Å². The first-order valence-electron chi connectivity index (χ1n) is 6.92. The summed E-state index contributed by atoms with van der Waals surface area (Å²) in [5.74, 6) is 2.33. The second-order valence-electron chi connectivity index (χ2n) is 4.57. The average molecular weight is 275 g/mol. The van der Waals surface area contributed by atoms with Gasteiger partial charge in [-0.1, -0.05) is 13.8 Å². The molecule has 2 rings (SSSR count). The van der Waals surface area contributed by atoms with Crippen LogP contribution in [0.2, 0.25) is 0 Å². The molecule has 0 radical (unpaired) electrons. The second kappa shape index (κ2) is 6.84. The van der Waals surface area contributed by atoms with E-state index in [1.807, 2.05) is 25.1 Å². The van der Waals surface area contributed by atoms with Crippen LogP contribution in [0.5, 0.6) is 5.75 Å². The Bertz CT molecular complexity index is 552. The molecule has 0 atom stereocenters. The lowest BCUT2D eigenvalue weighted by Gasteiger charge is -2.10. The van der Waals surface area contributed by atoms with Crippen LogP contribution in [0.25, 0.3) is 0 Å².